The van der Waals surface area contributed by atoms with Crippen molar-refractivity contribution >= 4 is 24.1 Å². The lowest BCUT2D eigenvalue weighted by molar-refractivity contribution is -0.230. The summed E-state index contributed by atoms with van der Waals surface area (Å²) in [7, 11) is 0. The first kappa shape index (κ1) is 38.1. The van der Waals surface area contributed by atoms with Crippen LogP contribution in [0.25, 0.3) is 12.2 Å². The number of esters is 2. The van der Waals surface area contributed by atoms with Crippen molar-refractivity contribution in [3.8, 4) is 0 Å². The Hall–Kier alpha value is -3.18. The van der Waals surface area contributed by atoms with Crippen LogP contribution in [0.3, 0.4) is 0 Å². The molecule has 5 heteroatoms. The summed E-state index contributed by atoms with van der Waals surface area (Å²) in [6.45, 7) is 17.3. The minimum absolute atomic E-state index is 0.0465. The van der Waals surface area contributed by atoms with Gasteiger partial charge in [-0.25, -0.2) is 9.59 Å². The van der Waals surface area contributed by atoms with Gasteiger partial charge in [0.25, 0.3) is 0 Å². The summed E-state index contributed by atoms with van der Waals surface area (Å²) in [5.41, 5.74) is 2.89. The van der Waals surface area contributed by atoms with Gasteiger partial charge in [-0.3, -0.25) is 0 Å². The quantitative estimate of drug-likeness (QED) is 0.206. The van der Waals surface area contributed by atoms with Gasteiger partial charge in [0.05, 0.1) is 13.2 Å². The Labute approximate surface area is 319 Å². The minimum Gasteiger partial charge on any atom is -0.462 e. The van der Waals surface area contributed by atoms with E-state index in [0.29, 0.717) is 48.2 Å². The Morgan fingerprint density at radius 2 is 1.38 bits per heavy atom. The molecule has 1 heterocycles. The van der Waals surface area contributed by atoms with Crippen molar-refractivity contribution in [2.75, 3.05) is 19.8 Å². The normalized spacial score (nSPS) is 38.2. The molecule has 1 N–H and O–H groups in total. The van der Waals surface area contributed by atoms with Crippen molar-refractivity contribution in [3.63, 3.8) is 0 Å². The second-order valence-corrected chi connectivity index (χ2v) is 19.2. The zero-order valence-corrected chi connectivity index (χ0v) is 33.4. The number of ether oxygens (including phenoxy) is 2. The van der Waals surface area contributed by atoms with Crippen molar-refractivity contribution in [2.45, 2.75) is 111 Å². The summed E-state index contributed by atoms with van der Waals surface area (Å²) in [5, 5.41) is 3.96. The highest BCUT2D eigenvalue weighted by atomic mass is 16.5. The lowest BCUT2D eigenvalue weighted by atomic mass is 9.33. The molecular weight excluding hydrogens is 655 g/mol. The van der Waals surface area contributed by atoms with Crippen LogP contribution >= 0.6 is 0 Å². The van der Waals surface area contributed by atoms with Gasteiger partial charge in [-0.15, -0.1) is 0 Å². The average molecular weight is 720 g/mol. The highest BCUT2D eigenvalue weighted by Gasteiger charge is 2.70. The predicted octanol–water partition coefficient (Wildman–Crippen LogP) is 10.6. The molecule has 2 aromatic rings. The first-order valence-corrected chi connectivity index (χ1v) is 20.9. The van der Waals surface area contributed by atoms with E-state index < -0.39 is 0 Å². The first-order chi connectivity index (χ1) is 25.3. The molecule has 1 unspecified atom stereocenters. The number of hydrogen-bond acceptors (Lipinski definition) is 5. The lowest BCUT2D eigenvalue weighted by Gasteiger charge is -2.71. The van der Waals surface area contributed by atoms with E-state index in [-0.39, 0.29) is 39.6 Å². The number of carbonyl (C=O) groups excluding carboxylic acids is 2. The van der Waals surface area contributed by atoms with Crippen molar-refractivity contribution in [3.05, 3.63) is 83.9 Å². The molecule has 1 saturated heterocycles. The van der Waals surface area contributed by atoms with Gasteiger partial charge < -0.3 is 14.8 Å². The fraction of sp³-hybridized carbons (Fsp3) is 0.625. The zero-order chi connectivity index (χ0) is 37.5. The van der Waals surface area contributed by atoms with E-state index in [1.54, 1.807) is 12.2 Å². The molecule has 0 aromatic heterocycles. The maximum atomic E-state index is 13.3. The van der Waals surface area contributed by atoms with Crippen LogP contribution < -0.4 is 5.32 Å². The Morgan fingerprint density at radius 3 is 2.04 bits per heavy atom. The van der Waals surface area contributed by atoms with Crippen LogP contribution in [0.15, 0.2) is 72.8 Å². The molecule has 286 valence electrons. The number of nitrogens with one attached hydrogen (secondary N) is 1. The molecule has 5 aliphatic rings. The molecule has 1 aliphatic heterocycles. The Balaban J connectivity index is 1.14. The molecule has 0 spiro atoms. The smallest absolute Gasteiger partial charge is 0.330 e. The molecule has 7 rings (SSSR count). The molecule has 0 radical (unpaired) electrons. The van der Waals surface area contributed by atoms with Crippen molar-refractivity contribution in [1.82, 2.24) is 5.32 Å². The molecule has 4 aliphatic carbocycles. The van der Waals surface area contributed by atoms with Gasteiger partial charge in [-0.2, -0.15) is 0 Å². The van der Waals surface area contributed by atoms with Crippen LogP contribution in [0.4, 0.5) is 0 Å². The highest BCUT2D eigenvalue weighted by molar-refractivity contribution is 5.87. The Morgan fingerprint density at radius 1 is 0.736 bits per heavy atom. The third kappa shape index (κ3) is 6.98. The van der Waals surface area contributed by atoms with Crippen LogP contribution in [0, 0.1) is 57.2 Å². The van der Waals surface area contributed by atoms with Gasteiger partial charge in [-0.05, 0) is 160 Å². The summed E-state index contributed by atoms with van der Waals surface area (Å²) in [6, 6.07) is 19.9. The minimum atomic E-state index is -0.281. The first-order valence-electron chi connectivity index (χ1n) is 20.9. The van der Waals surface area contributed by atoms with Gasteiger partial charge in [0.2, 0.25) is 0 Å². The Bertz CT molecular complexity index is 1670. The van der Waals surface area contributed by atoms with Gasteiger partial charge in [0.15, 0.2) is 0 Å². The van der Waals surface area contributed by atoms with E-state index in [2.05, 4.69) is 46.9 Å². The third-order valence-electron chi connectivity index (χ3n) is 16.4. The molecular formula is C48H65NO4. The van der Waals surface area contributed by atoms with Crippen LogP contribution in [-0.4, -0.2) is 37.2 Å². The fourth-order valence-electron chi connectivity index (χ4n) is 13.7. The predicted molar refractivity (Wildman–Crippen MR) is 214 cm³/mol. The van der Waals surface area contributed by atoms with Gasteiger partial charge in [-0.1, -0.05) is 88.4 Å². The van der Waals surface area contributed by atoms with Crippen molar-refractivity contribution < 1.29 is 19.1 Å². The zero-order valence-electron chi connectivity index (χ0n) is 33.4. The summed E-state index contributed by atoms with van der Waals surface area (Å²) in [4.78, 5) is 26.2. The van der Waals surface area contributed by atoms with E-state index in [0.717, 1.165) is 36.9 Å². The SMILES string of the molecule is CC(COC(=O)/C=C/c1ccccc1)[C@@H]1CC[C@]2(COC(=O)/C=C/c3ccccc3)CC[C@]3(C)[C@H](CC[C@@H]4[C@@]5(C)CCCNC(C)(C)[C@@H]5CC[C@]43C)[C@@H]12. The van der Waals surface area contributed by atoms with Crippen LogP contribution in [0.2, 0.25) is 0 Å². The molecule has 5 nitrogen and oxygen atoms in total. The topological polar surface area (TPSA) is 64.6 Å². The van der Waals surface area contributed by atoms with Crippen LogP contribution in [-0.2, 0) is 19.1 Å². The number of carbonyl (C=O) groups is 2. The van der Waals surface area contributed by atoms with Gasteiger partial charge in [0.1, 0.15) is 0 Å². The molecule has 0 amide bonds. The molecule has 10 atom stereocenters. The maximum absolute atomic E-state index is 13.3. The number of hydrogen-bond donors (Lipinski definition) is 1. The number of fused-ring (bicyclic) bond motifs is 7. The van der Waals surface area contributed by atoms with E-state index >= 15 is 0 Å². The van der Waals surface area contributed by atoms with Crippen LogP contribution in [0.1, 0.15) is 117 Å². The van der Waals surface area contributed by atoms with Crippen LogP contribution in [0.5, 0.6) is 0 Å². The molecule has 5 fully saturated rings. The molecule has 53 heavy (non-hydrogen) atoms. The molecule has 4 saturated carbocycles. The summed E-state index contributed by atoms with van der Waals surface area (Å²) in [6.07, 6.45) is 19.0. The van der Waals surface area contributed by atoms with E-state index in [9.17, 15) is 9.59 Å². The van der Waals surface area contributed by atoms with E-state index in [1.807, 2.05) is 72.8 Å². The van der Waals surface area contributed by atoms with Gasteiger partial charge >= 0.3 is 11.9 Å². The lowest BCUT2D eigenvalue weighted by Crippen LogP contribution is -2.66. The standard InChI is InChI=1S/C48H65NO4/c1-34(32-52-41(50)22-18-35-14-9-7-10-15-35)37-24-28-48(33-53-42(51)23-19-36-16-11-8-12-17-36)30-29-46(5)38(43(37)48)20-21-40-45(4)26-13-31-49-44(2,3)39(45)25-27-47(40,46)6/h7-12,14-19,22-23,34,37-40,43,49H,13,20-21,24-33H2,1-6H3/b22-18+,23-19+/t34?,37-,38+,39-,40+,43+,45-,46+,47+,48+/m0/s1. The Kier molecular flexibility index (Phi) is 10.6. The molecule has 2 aromatic carbocycles. The average Bonchev–Trinajstić information content (AvgIpc) is 3.48. The van der Waals surface area contributed by atoms with E-state index in [4.69, 9.17) is 9.47 Å². The maximum Gasteiger partial charge on any atom is 0.330 e. The van der Waals surface area contributed by atoms with E-state index in [1.165, 1.54) is 44.9 Å². The second-order valence-electron chi connectivity index (χ2n) is 19.2. The van der Waals surface area contributed by atoms with Crippen molar-refractivity contribution in [2.24, 2.45) is 57.2 Å². The number of benzene rings is 2. The second kappa shape index (κ2) is 14.8. The summed E-state index contributed by atoms with van der Waals surface area (Å²) < 4.78 is 12.2. The highest BCUT2D eigenvalue weighted by Crippen LogP contribution is 2.76. The van der Waals surface area contributed by atoms with Crippen molar-refractivity contribution in [1.29, 1.82) is 0 Å². The fourth-order valence-corrected chi connectivity index (χ4v) is 13.7. The number of rotatable bonds is 9. The summed E-state index contributed by atoms with van der Waals surface area (Å²) >= 11 is 0. The molecule has 0 bridgehead atoms. The monoisotopic (exact) mass is 719 g/mol. The third-order valence-corrected chi connectivity index (χ3v) is 16.4. The summed E-state index contributed by atoms with van der Waals surface area (Å²) in [5.74, 6) is 2.47. The largest absolute Gasteiger partial charge is 0.462 e. The van der Waals surface area contributed by atoms with Gasteiger partial charge in [0, 0.05) is 23.1 Å².